The number of rotatable bonds is 4. The van der Waals surface area contributed by atoms with Gasteiger partial charge in [-0.1, -0.05) is 6.92 Å². The van der Waals surface area contributed by atoms with Gasteiger partial charge in [-0.15, -0.1) is 11.3 Å². The van der Waals surface area contributed by atoms with Crippen molar-refractivity contribution in [3.8, 4) is 0 Å². The molecule has 0 aliphatic rings. The summed E-state index contributed by atoms with van der Waals surface area (Å²) in [6, 6.07) is 1.88. The van der Waals surface area contributed by atoms with E-state index >= 15 is 0 Å². The van der Waals surface area contributed by atoms with E-state index in [1.807, 2.05) is 26.1 Å². The topological polar surface area (TPSA) is 50.7 Å². The molecule has 2 heterocycles. The molecule has 0 amide bonds. The second-order valence-electron chi connectivity index (χ2n) is 3.54. The van der Waals surface area contributed by atoms with Gasteiger partial charge in [0.25, 0.3) is 0 Å². The van der Waals surface area contributed by atoms with Crippen molar-refractivity contribution in [1.82, 2.24) is 15.0 Å². The van der Waals surface area contributed by atoms with Crippen LogP contribution in [0.25, 0.3) is 0 Å². The predicted octanol–water partition coefficient (Wildman–Crippen LogP) is 3.18. The van der Waals surface area contributed by atoms with E-state index < -0.39 is 0 Å². The molecule has 0 radical (unpaired) electrons. The van der Waals surface area contributed by atoms with Gasteiger partial charge in [-0.2, -0.15) is 0 Å². The van der Waals surface area contributed by atoms with Crippen LogP contribution in [0, 0.1) is 6.92 Å². The van der Waals surface area contributed by atoms with E-state index in [0.29, 0.717) is 0 Å². The maximum Gasteiger partial charge on any atom is 0.131 e. The molecule has 17 heavy (non-hydrogen) atoms. The summed E-state index contributed by atoms with van der Waals surface area (Å²) in [4.78, 5) is 14.1. The molecule has 2 aromatic heterocycles. The lowest BCUT2D eigenvalue weighted by Gasteiger charge is -2.05. The van der Waals surface area contributed by atoms with E-state index in [0.717, 1.165) is 34.2 Å². The second-order valence-corrected chi connectivity index (χ2v) is 5.68. The molecular formula is C11H13BrN4S. The van der Waals surface area contributed by atoms with Gasteiger partial charge in [-0.25, -0.2) is 15.0 Å². The van der Waals surface area contributed by atoms with Crippen molar-refractivity contribution in [1.29, 1.82) is 0 Å². The van der Waals surface area contributed by atoms with Gasteiger partial charge in [0.05, 0.1) is 11.6 Å². The minimum atomic E-state index is 0.748. The molecule has 0 saturated carbocycles. The van der Waals surface area contributed by atoms with Crippen molar-refractivity contribution >= 4 is 33.1 Å². The molecule has 0 aliphatic carbocycles. The molecule has 6 heteroatoms. The molecule has 0 bridgehead atoms. The van der Waals surface area contributed by atoms with Crippen LogP contribution in [-0.2, 0) is 13.0 Å². The first-order chi connectivity index (χ1) is 8.17. The maximum atomic E-state index is 4.41. The van der Waals surface area contributed by atoms with Crippen LogP contribution in [0.1, 0.15) is 22.6 Å². The smallest absolute Gasteiger partial charge is 0.131 e. The number of anilines is 1. The van der Waals surface area contributed by atoms with Crippen LogP contribution in [0.2, 0.25) is 0 Å². The summed E-state index contributed by atoms with van der Waals surface area (Å²) >= 11 is 5.08. The summed E-state index contributed by atoms with van der Waals surface area (Å²) < 4.78 is 0.812. The van der Waals surface area contributed by atoms with Crippen LogP contribution in [0.15, 0.2) is 16.9 Å². The van der Waals surface area contributed by atoms with Crippen molar-refractivity contribution in [2.45, 2.75) is 26.8 Å². The highest BCUT2D eigenvalue weighted by Crippen LogP contribution is 2.16. The third-order valence-electron chi connectivity index (χ3n) is 2.17. The Morgan fingerprint density at radius 1 is 1.41 bits per heavy atom. The van der Waals surface area contributed by atoms with E-state index in [-0.39, 0.29) is 0 Å². The Hall–Kier alpha value is -1.01. The Morgan fingerprint density at radius 3 is 2.88 bits per heavy atom. The van der Waals surface area contributed by atoms with E-state index in [1.54, 1.807) is 11.3 Å². The van der Waals surface area contributed by atoms with Crippen LogP contribution in [0.4, 0.5) is 5.82 Å². The zero-order valence-electron chi connectivity index (χ0n) is 9.70. The molecule has 0 saturated heterocycles. The van der Waals surface area contributed by atoms with Crippen LogP contribution >= 0.6 is 27.3 Å². The molecule has 0 fully saturated rings. The van der Waals surface area contributed by atoms with Crippen molar-refractivity contribution in [2.24, 2.45) is 0 Å². The van der Waals surface area contributed by atoms with Crippen molar-refractivity contribution in [3.63, 3.8) is 0 Å². The SMILES string of the molecule is CCc1nc(Br)cc(NCc2cnc(C)s2)n1. The van der Waals surface area contributed by atoms with E-state index in [1.165, 1.54) is 4.88 Å². The van der Waals surface area contributed by atoms with Gasteiger partial charge in [0.2, 0.25) is 0 Å². The number of halogens is 1. The van der Waals surface area contributed by atoms with E-state index in [4.69, 9.17) is 0 Å². The average molecular weight is 313 g/mol. The van der Waals surface area contributed by atoms with E-state index in [2.05, 4.69) is 36.2 Å². The number of nitrogens with zero attached hydrogens (tertiary/aromatic N) is 3. The summed E-state index contributed by atoms with van der Waals surface area (Å²) in [7, 11) is 0. The van der Waals surface area contributed by atoms with Crippen LogP contribution in [0.5, 0.6) is 0 Å². The Bertz CT molecular complexity index is 512. The lowest BCUT2D eigenvalue weighted by atomic mass is 10.4. The van der Waals surface area contributed by atoms with Gasteiger partial charge in [0.15, 0.2) is 0 Å². The fourth-order valence-electron chi connectivity index (χ4n) is 1.38. The van der Waals surface area contributed by atoms with Gasteiger partial charge in [-0.05, 0) is 22.9 Å². The third-order valence-corrected chi connectivity index (χ3v) is 3.49. The highest BCUT2D eigenvalue weighted by atomic mass is 79.9. The lowest BCUT2D eigenvalue weighted by Crippen LogP contribution is -2.03. The van der Waals surface area contributed by atoms with Crippen LogP contribution in [0.3, 0.4) is 0 Å². The fourth-order valence-corrected chi connectivity index (χ4v) is 2.53. The zero-order valence-corrected chi connectivity index (χ0v) is 12.1. The first-order valence-electron chi connectivity index (χ1n) is 5.36. The minimum Gasteiger partial charge on any atom is -0.365 e. The maximum absolute atomic E-state index is 4.41. The number of thiazole rings is 1. The molecule has 0 unspecified atom stereocenters. The Labute approximate surface area is 113 Å². The summed E-state index contributed by atoms with van der Waals surface area (Å²) in [6.07, 6.45) is 2.72. The van der Waals surface area contributed by atoms with Crippen LogP contribution < -0.4 is 5.32 Å². The molecule has 0 atom stereocenters. The number of nitrogens with one attached hydrogen (secondary N) is 1. The molecule has 0 aromatic carbocycles. The number of hydrogen-bond acceptors (Lipinski definition) is 5. The monoisotopic (exact) mass is 312 g/mol. The Balaban J connectivity index is 2.05. The van der Waals surface area contributed by atoms with Gasteiger partial charge in [0.1, 0.15) is 16.2 Å². The van der Waals surface area contributed by atoms with Crippen molar-refractivity contribution in [3.05, 3.63) is 32.6 Å². The largest absolute Gasteiger partial charge is 0.365 e. The highest BCUT2D eigenvalue weighted by Gasteiger charge is 2.02. The van der Waals surface area contributed by atoms with Crippen LogP contribution in [-0.4, -0.2) is 15.0 Å². The molecule has 0 spiro atoms. The number of aromatic nitrogens is 3. The zero-order chi connectivity index (χ0) is 12.3. The summed E-state index contributed by atoms with van der Waals surface area (Å²) in [5.41, 5.74) is 0. The average Bonchev–Trinajstić information content (AvgIpc) is 2.72. The number of hydrogen-bond donors (Lipinski definition) is 1. The molecule has 2 rings (SSSR count). The molecule has 4 nitrogen and oxygen atoms in total. The summed E-state index contributed by atoms with van der Waals surface area (Å²) in [6.45, 7) is 4.79. The normalized spacial score (nSPS) is 10.5. The molecule has 1 N–H and O–H groups in total. The number of aryl methyl sites for hydroxylation is 2. The standard InChI is InChI=1S/C11H13BrN4S/c1-3-10-15-9(12)4-11(16-10)14-6-8-5-13-7(2)17-8/h4-5H,3,6H2,1-2H3,(H,14,15,16). The van der Waals surface area contributed by atoms with Crippen molar-refractivity contribution < 1.29 is 0 Å². The minimum absolute atomic E-state index is 0.748. The van der Waals surface area contributed by atoms with Gasteiger partial charge in [-0.3, -0.25) is 0 Å². The lowest BCUT2D eigenvalue weighted by molar-refractivity contribution is 0.922. The van der Waals surface area contributed by atoms with E-state index in [9.17, 15) is 0 Å². The second kappa shape index (κ2) is 5.55. The first kappa shape index (κ1) is 12.4. The van der Waals surface area contributed by atoms with Crippen molar-refractivity contribution in [2.75, 3.05) is 5.32 Å². The summed E-state index contributed by atoms with van der Waals surface area (Å²) in [5.74, 6) is 1.68. The molecular weight excluding hydrogens is 300 g/mol. The quantitative estimate of drug-likeness (QED) is 0.881. The molecule has 90 valence electrons. The van der Waals surface area contributed by atoms with Gasteiger partial charge >= 0.3 is 0 Å². The Morgan fingerprint density at radius 2 is 2.24 bits per heavy atom. The third kappa shape index (κ3) is 3.47. The highest BCUT2D eigenvalue weighted by molar-refractivity contribution is 9.10. The predicted molar refractivity (Wildman–Crippen MR) is 73.3 cm³/mol. The van der Waals surface area contributed by atoms with Gasteiger partial charge in [0, 0.05) is 23.6 Å². The molecule has 2 aromatic rings. The fraction of sp³-hybridized carbons (Fsp3) is 0.364. The van der Waals surface area contributed by atoms with Gasteiger partial charge < -0.3 is 5.32 Å². The first-order valence-corrected chi connectivity index (χ1v) is 6.97. The summed E-state index contributed by atoms with van der Waals surface area (Å²) in [5, 5.41) is 4.36. The Kier molecular flexibility index (Phi) is 4.06. The molecule has 0 aliphatic heterocycles.